The van der Waals surface area contributed by atoms with Crippen LogP contribution in [0.5, 0.6) is 0 Å². The fraction of sp³-hybridized carbons (Fsp3) is 0.143. The molecule has 0 saturated carbocycles. The number of aliphatic imine (C=N–C) groups is 1. The van der Waals surface area contributed by atoms with Crippen LogP contribution in [-0.2, 0) is 4.74 Å². The van der Waals surface area contributed by atoms with Gasteiger partial charge in [0.1, 0.15) is 0 Å². The van der Waals surface area contributed by atoms with Gasteiger partial charge in [-0.25, -0.2) is 4.79 Å². The van der Waals surface area contributed by atoms with E-state index >= 15 is 0 Å². The van der Waals surface area contributed by atoms with Crippen LogP contribution in [0.2, 0.25) is 0 Å². The van der Waals surface area contributed by atoms with Crippen LogP contribution in [0, 0.1) is 0 Å². The molecule has 1 aromatic heterocycles. The van der Waals surface area contributed by atoms with Gasteiger partial charge in [-0.15, -0.1) is 11.3 Å². The summed E-state index contributed by atoms with van der Waals surface area (Å²) in [6.07, 6.45) is 1.81. The number of benzene rings is 1. The molecule has 0 radical (unpaired) electrons. The average Bonchev–Trinajstić information content (AvgIpc) is 2.90. The lowest BCUT2D eigenvalue weighted by atomic mass is 10.2. The Hall–Kier alpha value is -1.94. The summed E-state index contributed by atoms with van der Waals surface area (Å²) in [4.78, 5) is 16.9. The number of ether oxygens (including phenoxy) is 1. The molecule has 18 heavy (non-hydrogen) atoms. The molecular weight excluding hydrogens is 246 g/mol. The number of carbonyl (C=O) groups is 1. The van der Waals surface area contributed by atoms with Crippen molar-refractivity contribution in [2.45, 2.75) is 6.92 Å². The van der Waals surface area contributed by atoms with Crippen molar-refractivity contribution >= 4 is 29.2 Å². The van der Waals surface area contributed by atoms with Gasteiger partial charge in [-0.3, -0.25) is 4.99 Å². The van der Waals surface area contributed by atoms with E-state index in [1.54, 1.807) is 42.5 Å². The van der Waals surface area contributed by atoms with Crippen molar-refractivity contribution < 1.29 is 9.53 Å². The van der Waals surface area contributed by atoms with Crippen LogP contribution in [0.25, 0.3) is 0 Å². The molecule has 0 aliphatic carbocycles. The fourth-order valence-corrected chi connectivity index (χ4v) is 1.99. The van der Waals surface area contributed by atoms with Gasteiger partial charge >= 0.3 is 5.97 Å². The van der Waals surface area contributed by atoms with Gasteiger partial charge in [-0.05, 0) is 42.6 Å². The second-order valence-electron chi connectivity index (χ2n) is 3.54. The number of carbonyl (C=O) groups excluding carboxylic acids is 1. The largest absolute Gasteiger partial charge is 0.462 e. The molecule has 0 spiro atoms. The van der Waals surface area contributed by atoms with Gasteiger partial charge < -0.3 is 4.74 Å². The maximum atomic E-state index is 11.4. The van der Waals surface area contributed by atoms with Crippen molar-refractivity contribution in [1.29, 1.82) is 0 Å². The van der Waals surface area contributed by atoms with Crippen LogP contribution in [0.1, 0.15) is 22.2 Å². The van der Waals surface area contributed by atoms with Crippen LogP contribution < -0.4 is 0 Å². The summed E-state index contributed by atoms with van der Waals surface area (Å²) in [5.41, 5.74) is 1.36. The topological polar surface area (TPSA) is 38.7 Å². The summed E-state index contributed by atoms with van der Waals surface area (Å²) in [7, 11) is 0. The molecule has 0 bridgehead atoms. The van der Waals surface area contributed by atoms with Crippen molar-refractivity contribution in [2.24, 2.45) is 4.99 Å². The summed E-state index contributed by atoms with van der Waals surface area (Å²) < 4.78 is 4.91. The van der Waals surface area contributed by atoms with E-state index in [1.807, 2.05) is 23.7 Å². The molecule has 92 valence electrons. The normalized spacial score (nSPS) is 10.7. The van der Waals surface area contributed by atoms with Crippen LogP contribution in [0.15, 0.2) is 46.8 Å². The van der Waals surface area contributed by atoms with E-state index in [-0.39, 0.29) is 5.97 Å². The number of hydrogen-bond donors (Lipinski definition) is 0. The predicted molar refractivity (Wildman–Crippen MR) is 74.0 cm³/mol. The monoisotopic (exact) mass is 259 g/mol. The molecule has 0 amide bonds. The molecule has 1 aromatic carbocycles. The summed E-state index contributed by atoms with van der Waals surface area (Å²) in [6, 6.07) is 11.0. The van der Waals surface area contributed by atoms with E-state index in [0.717, 1.165) is 10.6 Å². The highest BCUT2D eigenvalue weighted by atomic mass is 32.1. The van der Waals surface area contributed by atoms with Crippen LogP contribution in [0.4, 0.5) is 5.69 Å². The Morgan fingerprint density at radius 3 is 2.72 bits per heavy atom. The summed E-state index contributed by atoms with van der Waals surface area (Å²) in [6.45, 7) is 2.18. The molecule has 0 atom stereocenters. The van der Waals surface area contributed by atoms with Crippen LogP contribution >= 0.6 is 11.3 Å². The molecule has 4 heteroatoms. The lowest BCUT2D eigenvalue weighted by molar-refractivity contribution is 0.0526. The number of esters is 1. The highest BCUT2D eigenvalue weighted by molar-refractivity contribution is 7.11. The third-order valence-corrected chi connectivity index (χ3v) is 3.07. The van der Waals surface area contributed by atoms with E-state index < -0.39 is 0 Å². The lowest BCUT2D eigenvalue weighted by Crippen LogP contribution is -2.03. The first-order chi connectivity index (χ1) is 8.79. The quantitative estimate of drug-likeness (QED) is 0.620. The van der Waals surface area contributed by atoms with Crippen molar-refractivity contribution in [3.8, 4) is 0 Å². The maximum Gasteiger partial charge on any atom is 0.338 e. The Balaban J connectivity index is 2.06. The molecule has 2 aromatic rings. The smallest absolute Gasteiger partial charge is 0.338 e. The molecule has 0 unspecified atom stereocenters. The molecule has 3 nitrogen and oxygen atoms in total. The van der Waals surface area contributed by atoms with Crippen molar-refractivity contribution in [3.63, 3.8) is 0 Å². The molecule has 1 heterocycles. The Bertz CT molecular complexity index is 529. The predicted octanol–water partition coefficient (Wildman–Crippen LogP) is 3.68. The molecule has 0 N–H and O–H groups in total. The first-order valence-electron chi connectivity index (χ1n) is 5.64. The minimum Gasteiger partial charge on any atom is -0.462 e. The summed E-state index contributed by atoms with van der Waals surface area (Å²) >= 11 is 1.63. The van der Waals surface area contributed by atoms with Crippen molar-refractivity contribution in [1.82, 2.24) is 0 Å². The second kappa shape index (κ2) is 6.12. The third-order valence-electron chi connectivity index (χ3n) is 2.26. The second-order valence-corrected chi connectivity index (χ2v) is 4.52. The van der Waals surface area contributed by atoms with E-state index in [4.69, 9.17) is 4.74 Å². The zero-order chi connectivity index (χ0) is 12.8. The zero-order valence-electron chi connectivity index (χ0n) is 10.00. The van der Waals surface area contributed by atoms with Crippen molar-refractivity contribution in [3.05, 3.63) is 52.2 Å². The van der Waals surface area contributed by atoms with Crippen LogP contribution in [0.3, 0.4) is 0 Å². The van der Waals surface area contributed by atoms with E-state index in [0.29, 0.717) is 12.2 Å². The lowest BCUT2D eigenvalue weighted by Gasteiger charge is -2.01. The average molecular weight is 259 g/mol. The highest BCUT2D eigenvalue weighted by Gasteiger charge is 2.04. The van der Waals surface area contributed by atoms with Gasteiger partial charge in [0, 0.05) is 11.1 Å². The SMILES string of the molecule is CCOC(=O)c1ccc(N=Cc2cccs2)cc1. The minimum atomic E-state index is -0.300. The Labute approximate surface area is 110 Å². The highest BCUT2D eigenvalue weighted by Crippen LogP contribution is 2.15. The number of hydrogen-bond acceptors (Lipinski definition) is 4. The van der Waals surface area contributed by atoms with E-state index in [2.05, 4.69) is 4.99 Å². The summed E-state index contributed by atoms with van der Waals surface area (Å²) in [5, 5.41) is 2.01. The van der Waals surface area contributed by atoms with Crippen LogP contribution in [-0.4, -0.2) is 18.8 Å². The summed E-state index contributed by atoms with van der Waals surface area (Å²) in [5.74, 6) is -0.300. The van der Waals surface area contributed by atoms with Gasteiger partial charge in [0.05, 0.1) is 17.9 Å². The van der Waals surface area contributed by atoms with E-state index in [1.165, 1.54) is 0 Å². The standard InChI is InChI=1S/C14H13NO2S/c1-2-17-14(16)11-5-7-12(8-6-11)15-10-13-4-3-9-18-13/h3-10H,2H2,1H3. The minimum absolute atomic E-state index is 0.300. The molecule has 0 aliphatic heterocycles. The van der Waals surface area contributed by atoms with Gasteiger partial charge in [0.25, 0.3) is 0 Å². The molecule has 0 saturated heterocycles. The zero-order valence-corrected chi connectivity index (χ0v) is 10.8. The number of nitrogens with zero attached hydrogens (tertiary/aromatic N) is 1. The van der Waals surface area contributed by atoms with Gasteiger partial charge in [0.15, 0.2) is 0 Å². The Morgan fingerprint density at radius 1 is 1.33 bits per heavy atom. The molecular formula is C14H13NO2S. The Morgan fingerprint density at radius 2 is 2.11 bits per heavy atom. The Kier molecular flexibility index (Phi) is 4.25. The van der Waals surface area contributed by atoms with Gasteiger partial charge in [0.2, 0.25) is 0 Å². The molecule has 2 rings (SSSR count). The number of rotatable bonds is 4. The third kappa shape index (κ3) is 3.28. The first-order valence-corrected chi connectivity index (χ1v) is 6.52. The van der Waals surface area contributed by atoms with Crippen molar-refractivity contribution in [2.75, 3.05) is 6.61 Å². The first kappa shape index (κ1) is 12.5. The maximum absolute atomic E-state index is 11.4. The fourth-order valence-electron chi connectivity index (χ4n) is 1.40. The number of thiophene rings is 1. The van der Waals surface area contributed by atoms with Gasteiger partial charge in [-0.2, -0.15) is 0 Å². The molecule has 0 fully saturated rings. The molecule has 0 aliphatic rings. The van der Waals surface area contributed by atoms with Gasteiger partial charge in [-0.1, -0.05) is 6.07 Å². The van der Waals surface area contributed by atoms with E-state index in [9.17, 15) is 4.79 Å².